The Morgan fingerprint density at radius 3 is 2.63 bits per heavy atom. The Bertz CT molecular complexity index is 618. The summed E-state index contributed by atoms with van der Waals surface area (Å²) in [7, 11) is 0. The van der Waals surface area contributed by atoms with Crippen LogP contribution in [0.15, 0.2) is 65.7 Å². The molecule has 0 bridgehead atoms. The molecule has 19 heavy (non-hydrogen) atoms. The summed E-state index contributed by atoms with van der Waals surface area (Å²) >= 11 is 0. The van der Waals surface area contributed by atoms with Gasteiger partial charge in [-0.05, 0) is 36.4 Å². The van der Waals surface area contributed by atoms with Crippen molar-refractivity contribution in [1.29, 1.82) is 0 Å². The van der Waals surface area contributed by atoms with Gasteiger partial charge in [-0.3, -0.25) is 4.98 Å². The lowest BCUT2D eigenvalue weighted by atomic mass is 10.1. The zero-order chi connectivity index (χ0) is 12.9. The summed E-state index contributed by atoms with van der Waals surface area (Å²) < 4.78 is 5.25. The number of hydrogen-bond acceptors (Lipinski definition) is 4. The van der Waals surface area contributed by atoms with Gasteiger partial charge in [0.05, 0.1) is 18.4 Å². The SMILES string of the molecule is c1ccc(CNc2ccc(-c3cnco3)cc2)nc1. The monoisotopic (exact) mass is 251 g/mol. The van der Waals surface area contributed by atoms with Gasteiger partial charge in [0.2, 0.25) is 0 Å². The van der Waals surface area contributed by atoms with Crippen LogP contribution in [0.2, 0.25) is 0 Å². The highest BCUT2D eigenvalue weighted by atomic mass is 16.3. The summed E-state index contributed by atoms with van der Waals surface area (Å²) in [5, 5.41) is 3.32. The third-order valence-corrected chi connectivity index (χ3v) is 2.80. The normalized spacial score (nSPS) is 10.3. The van der Waals surface area contributed by atoms with Gasteiger partial charge in [0, 0.05) is 17.4 Å². The maximum absolute atomic E-state index is 5.25. The largest absolute Gasteiger partial charge is 0.444 e. The van der Waals surface area contributed by atoms with Crippen LogP contribution in [0.25, 0.3) is 11.3 Å². The van der Waals surface area contributed by atoms with Crippen LogP contribution in [0.1, 0.15) is 5.69 Å². The first-order valence-electron chi connectivity index (χ1n) is 6.04. The summed E-state index contributed by atoms with van der Waals surface area (Å²) in [4.78, 5) is 8.17. The van der Waals surface area contributed by atoms with Crippen molar-refractivity contribution in [3.8, 4) is 11.3 Å². The maximum Gasteiger partial charge on any atom is 0.181 e. The van der Waals surface area contributed by atoms with Gasteiger partial charge < -0.3 is 9.73 Å². The predicted molar refractivity (Wildman–Crippen MR) is 73.5 cm³/mol. The summed E-state index contributed by atoms with van der Waals surface area (Å²) in [5.74, 6) is 0.774. The Labute approximate surface area is 111 Å². The van der Waals surface area contributed by atoms with E-state index in [1.54, 1.807) is 12.4 Å². The molecule has 2 aromatic heterocycles. The van der Waals surface area contributed by atoms with E-state index in [9.17, 15) is 0 Å². The summed E-state index contributed by atoms with van der Waals surface area (Å²) in [6.45, 7) is 0.711. The molecule has 0 radical (unpaired) electrons. The molecule has 4 nitrogen and oxygen atoms in total. The lowest BCUT2D eigenvalue weighted by Gasteiger charge is -2.06. The van der Waals surface area contributed by atoms with Crippen LogP contribution in [-0.4, -0.2) is 9.97 Å². The minimum atomic E-state index is 0.711. The molecule has 4 heteroatoms. The molecule has 0 spiro atoms. The van der Waals surface area contributed by atoms with Crippen molar-refractivity contribution in [1.82, 2.24) is 9.97 Å². The fourth-order valence-corrected chi connectivity index (χ4v) is 1.81. The molecule has 3 aromatic rings. The number of benzene rings is 1. The van der Waals surface area contributed by atoms with Gasteiger partial charge in [0.1, 0.15) is 0 Å². The van der Waals surface area contributed by atoms with Crippen LogP contribution in [0.3, 0.4) is 0 Å². The van der Waals surface area contributed by atoms with Gasteiger partial charge >= 0.3 is 0 Å². The quantitative estimate of drug-likeness (QED) is 0.772. The van der Waals surface area contributed by atoms with Crippen LogP contribution in [0.5, 0.6) is 0 Å². The third-order valence-electron chi connectivity index (χ3n) is 2.80. The average Bonchev–Trinajstić information content (AvgIpc) is 3.01. The molecule has 0 fully saturated rings. The smallest absolute Gasteiger partial charge is 0.181 e. The first-order chi connectivity index (χ1) is 9.42. The second-order valence-corrected chi connectivity index (χ2v) is 4.12. The summed E-state index contributed by atoms with van der Waals surface area (Å²) in [6, 6.07) is 13.9. The van der Waals surface area contributed by atoms with Gasteiger partial charge in [-0.25, -0.2) is 4.98 Å². The number of rotatable bonds is 4. The fraction of sp³-hybridized carbons (Fsp3) is 0.0667. The van der Waals surface area contributed by atoms with Crippen molar-refractivity contribution < 1.29 is 4.42 Å². The minimum absolute atomic E-state index is 0.711. The number of nitrogens with zero attached hydrogens (tertiary/aromatic N) is 2. The number of oxazole rings is 1. The van der Waals surface area contributed by atoms with E-state index in [4.69, 9.17) is 4.42 Å². The van der Waals surface area contributed by atoms with Gasteiger partial charge in [0.15, 0.2) is 12.2 Å². The molecule has 0 saturated carbocycles. The molecule has 0 aliphatic heterocycles. The molecule has 2 heterocycles. The molecule has 0 amide bonds. The van der Waals surface area contributed by atoms with Gasteiger partial charge in [-0.1, -0.05) is 6.07 Å². The van der Waals surface area contributed by atoms with Crippen LogP contribution < -0.4 is 5.32 Å². The molecule has 0 atom stereocenters. The molecule has 0 aliphatic rings. The van der Waals surface area contributed by atoms with Crippen molar-refractivity contribution in [2.45, 2.75) is 6.54 Å². The van der Waals surface area contributed by atoms with Crippen molar-refractivity contribution >= 4 is 5.69 Å². The van der Waals surface area contributed by atoms with E-state index in [1.165, 1.54) is 6.39 Å². The van der Waals surface area contributed by atoms with Crippen LogP contribution in [0.4, 0.5) is 5.69 Å². The van der Waals surface area contributed by atoms with Crippen LogP contribution in [0, 0.1) is 0 Å². The molecule has 0 saturated heterocycles. The molecule has 0 aliphatic carbocycles. The Hall–Kier alpha value is -2.62. The lowest BCUT2D eigenvalue weighted by Crippen LogP contribution is -2.00. The first-order valence-corrected chi connectivity index (χ1v) is 6.04. The first kappa shape index (κ1) is 11.5. The molecular formula is C15H13N3O. The molecule has 1 aromatic carbocycles. The molecular weight excluding hydrogens is 238 g/mol. The standard InChI is InChI=1S/C15H13N3O/c1-2-8-17-14(3-1)9-18-13-6-4-12(5-7-13)15-10-16-11-19-15/h1-8,10-11,18H,9H2. The predicted octanol–water partition coefficient (Wildman–Crippen LogP) is 3.35. The van der Waals surface area contributed by atoms with Crippen LogP contribution in [-0.2, 0) is 6.54 Å². The van der Waals surface area contributed by atoms with Crippen molar-refractivity contribution in [2.24, 2.45) is 0 Å². The summed E-state index contributed by atoms with van der Waals surface area (Å²) in [5.41, 5.74) is 3.08. The molecule has 1 N–H and O–H groups in total. The minimum Gasteiger partial charge on any atom is -0.444 e. The van der Waals surface area contributed by atoms with E-state index in [0.29, 0.717) is 6.54 Å². The fourth-order valence-electron chi connectivity index (χ4n) is 1.81. The van der Waals surface area contributed by atoms with Crippen LogP contribution >= 0.6 is 0 Å². The Morgan fingerprint density at radius 1 is 1.05 bits per heavy atom. The van der Waals surface area contributed by atoms with Crippen molar-refractivity contribution in [2.75, 3.05) is 5.32 Å². The second kappa shape index (κ2) is 5.35. The zero-order valence-electron chi connectivity index (χ0n) is 10.3. The zero-order valence-corrected chi connectivity index (χ0v) is 10.3. The number of nitrogens with one attached hydrogen (secondary N) is 1. The van der Waals surface area contributed by atoms with Gasteiger partial charge in [0.25, 0.3) is 0 Å². The van der Waals surface area contributed by atoms with Gasteiger partial charge in [-0.2, -0.15) is 0 Å². The van der Waals surface area contributed by atoms with E-state index >= 15 is 0 Å². The Morgan fingerprint density at radius 2 is 1.95 bits per heavy atom. The van der Waals surface area contributed by atoms with E-state index < -0.39 is 0 Å². The highest BCUT2D eigenvalue weighted by Crippen LogP contribution is 2.20. The Kier molecular flexibility index (Phi) is 3.23. The average molecular weight is 251 g/mol. The second-order valence-electron chi connectivity index (χ2n) is 4.12. The highest BCUT2D eigenvalue weighted by Gasteiger charge is 2.01. The third kappa shape index (κ3) is 2.80. The highest BCUT2D eigenvalue weighted by molar-refractivity contribution is 5.60. The van der Waals surface area contributed by atoms with E-state index in [-0.39, 0.29) is 0 Å². The number of pyridine rings is 1. The van der Waals surface area contributed by atoms with E-state index in [1.807, 2.05) is 42.5 Å². The maximum atomic E-state index is 5.25. The van der Waals surface area contributed by atoms with Crippen molar-refractivity contribution in [3.63, 3.8) is 0 Å². The lowest BCUT2D eigenvalue weighted by molar-refractivity contribution is 0.572. The number of hydrogen-bond donors (Lipinski definition) is 1. The summed E-state index contributed by atoms with van der Waals surface area (Å²) in [6.07, 6.45) is 4.93. The molecule has 0 unspecified atom stereocenters. The molecule has 3 rings (SSSR count). The van der Waals surface area contributed by atoms with E-state index in [2.05, 4.69) is 15.3 Å². The van der Waals surface area contributed by atoms with Gasteiger partial charge in [-0.15, -0.1) is 0 Å². The topological polar surface area (TPSA) is 51.0 Å². The number of aromatic nitrogens is 2. The number of anilines is 1. The van der Waals surface area contributed by atoms with Crippen molar-refractivity contribution in [3.05, 3.63) is 66.9 Å². The molecule has 94 valence electrons. The Balaban J connectivity index is 1.67. The van der Waals surface area contributed by atoms with E-state index in [0.717, 1.165) is 22.7 Å².